The van der Waals surface area contributed by atoms with Crippen molar-refractivity contribution >= 4 is 29.7 Å². The fraction of sp³-hybridized carbons (Fsp3) is 0.600. The molecule has 0 saturated carbocycles. The molecule has 2 heterocycles. The van der Waals surface area contributed by atoms with Crippen molar-refractivity contribution in [1.29, 1.82) is 0 Å². The van der Waals surface area contributed by atoms with Gasteiger partial charge in [-0.3, -0.25) is 10.1 Å². The van der Waals surface area contributed by atoms with Gasteiger partial charge in [0.15, 0.2) is 0 Å². The number of aliphatic carboxylic acids is 1. The molecule has 0 aliphatic carbocycles. The van der Waals surface area contributed by atoms with Gasteiger partial charge in [0.1, 0.15) is 6.33 Å². The van der Waals surface area contributed by atoms with Crippen molar-refractivity contribution < 1.29 is 14.7 Å². The van der Waals surface area contributed by atoms with Crippen LogP contribution in [0, 0.1) is 0 Å². The van der Waals surface area contributed by atoms with Crippen molar-refractivity contribution in [3.63, 3.8) is 0 Å². The molecule has 2 rings (SSSR count). The quantitative estimate of drug-likeness (QED) is 0.825. The topological polar surface area (TPSA) is 100 Å². The number of carboxylic acids is 1. The molecule has 19 heavy (non-hydrogen) atoms. The van der Waals surface area contributed by atoms with E-state index in [1.807, 2.05) is 0 Å². The Labute approximate surface area is 114 Å². The smallest absolute Gasteiger partial charge is 0.324 e. The minimum atomic E-state index is -0.899. The van der Waals surface area contributed by atoms with Gasteiger partial charge in [0.25, 0.3) is 0 Å². The number of nitrogens with zero attached hydrogens (tertiary/aromatic N) is 4. The Morgan fingerprint density at radius 1 is 1.63 bits per heavy atom. The molecule has 2 N–H and O–H groups in total. The molecule has 1 unspecified atom stereocenters. The van der Waals surface area contributed by atoms with E-state index in [1.54, 1.807) is 23.7 Å². The van der Waals surface area contributed by atoms with Gasteiger partial charge in [-0.1, -0.05) is 0 Å². The predicted molar refractivity (Wildman–Crippen MR) is 70.1 cm³/mol. The van der Waals surface area contributed by atoms with Crippen LogP contribution in [-0.4, -0.2) is 60.9 Å². The maximum Gasteiger partial charge on any atom is 0.324 e. The summed E-state index contributed by atoms with van der Waals surface area (Å²) >= 11 is 1.66. The SMILES string of the molecule is Cn1ncnc1NC(=O)N1CCSCC1CC(=O)O. The van der Waals surface area contributed by atoms with Gasteiger partial charge >= 0.3 is 12.0 Å². The van der Waals surface area contributed by atoms with E-state index in [9.17, 15) is 9.59 Å². The third-order valence-corrected chi connectivity index (χ3v) is 3.92. The number of aryl methyl sites for hydroxylation is 1. The zero-order valence-electron chi connectivity index (χ0n) is 10.4. The van der Waals surface area contributed by atoms with Gasteiger partial charge in [-0.2, -0.15) is 21.8 Å². The summed E-state index contributed by atoms with van der Waals surface area (Å²) in [5, 5.41) is 15.4. The molecule has 2 amide bonds. The van der Waals surface area contributed by atoms with Gasteiger partial charge in [-0.05, 0) is 0 Å². The maximum absolute atomic E-state index is 12.1. The van der Waals surface area contributed by atoms with Crippen LogP contribution in [0.25, 0.3) is 0 Å². The molecule has 1 aliphatic rings. The molecule has 9 heteroatoms. The zero-order valence-corrected chi connectivity index (χ0v) is 11.3. The third kappa shape index (κ3) is 3.37. The van der Waals surface area contributed by atoms with E-state index in [2.05, 4.69) is 15.4 Å². The van der Waals surface area contributed by atoms with Gasteiger partial charge in [-0.15, -0.1) is 0 Å². The fourth-order valence-corrected chi connectivity index (χ4v) is 2.93. The second-order valence-electron chi connectivity index (χ2n) is 4.16. The summed E-state index contributed by atoms with van der Waals surface area (Å²) in [6.45, 7) is 0.534. The molecular formula is C10H15N5O3S. The lowest BCUT2D eigenvalue weighted by Gasteiger charge is -2.34. The standard InChI is InChI=1S/C10H15N5O3S/c1-14-9(11-6-12-14)13-10(18)15-2-3-19-5-7(15)4-8(16)17/h6-7H,2-5H2,1H3,(H,16,17)(H,11,12,13,18). The maximum atomic E-state index is 12.1. The molecule has 104 valence electrons. The van der Waals surface area contributed by atoms with E-state index in [0.717, 1.165) is 5.75 Å². The van der Waals surface area contributed by atoms with Crippen molar-refractivity contribution in [2.45, 2.75) is 12.5 Å². The van der Waals surface area contributed by atoms with Crippen molar-refractivity contribution in [2.24, 2.45) is 7.05 Å². The Morgan fingerprint density at radius 3 is 3.05 bits per heavy atom. The highest BCUT2D eigenvalue weighted by atomic mass is 32.2. The first-order valence-electron chi connectivity index (χ1n) is 5.79. The number of carbonyl (C=O) groups is 2. The Morgan fingerprint density at radius 2 is 2.42 bits per heavy atom. The molecule has 0 bridgehead atoms. The number of nitrogens with one attached hydrogen (secondary N) is 1. The summed E-state index contributed by atoms with van der Waals surface area (Å²) in [5.41, 5.74) is 0. The first-order chi connectivity index (χ1) is 9.08. The van der Waals surface area contributed by atoms with Crippen LogP contribution < -0.4 is 5.32 Å². The molecule has 0 aromatic carbocycles. The second-order valence-corrected chi connectivity index (χ2v) is 5.31. The Bertz CT molecular complexity index is 477. The van der Waals surface area contributed by atoms with Gasteiger partial charge in [0.05, 0.1) is 12.5 Å². The molecule has 1 aromatic heterocycles. The summed E-state index contributed by atoms with van der Waals surface area (Å²) in [7, 11) is 1.67. The zero-order chi connectivity index (χ0) is 13.8. The van der Waals surface area contributed by atoms with E-state index in [1.165, 1.54) is 11.0 Å². The molecule has 1 fully saturated rings. The van der Waals surface area contributed by atoms with Crippen LogP contribution in [0.1, 0.15) is 6.42 Å². The molecule has 1 aromatic rings. The second kappa shape index (κ2) is 5.91. The van der Waals surface area contributed by atoms with Crippen LogP contribution in [0.4, 0.5) is 10.7 Å². The Balaban J connectivity index is 2.03. The molecule has 8 nitrogen and oxygen atoms in total. The lowest BCUT2D eigenvalue weighted by molar-refractivity contribution is -0.137. The first-order valence-corrected chi connectivity index (χ1v) is 6.94. The van der Waals surface area contributed by atoms with E-state index in [0.29, 0.717) is 18.2 Å². The number of amides is 2. The van der Waals surface area contributed by atoms with E-state index in [-0.39, 0.29) is 18.5 Å². The van der Waals surface area contributed by atoms with Crippen LogP contribution in [0.3, 0.4) is 0 Å². The summed E-state index contributed by atoms with van der Waals surface area (Å²) in [6.07, 6.45) is 1.30. The van der Waals surface area contributed by atoms with Crippen LogP contribution in [0.15, 0.2) is 6.33 Å². The molecule has 0 radical (unpaired) electrons. The Kier molecular flexibility index (Phi) is 4.25. The average Bonchev–Trinajstić information content (AvgIpc) is 2.75. The van der Waals surface area contributed by atoms with Crippen LogP contribution in [-0.2, 0) is 11.8 Å². The Hall–Kier alpha value is -1.77. The summed E-state index contributed by atoms with van der Waals surface area (Å²) in [4.78, 5) is 28.4. The summed E-state index contributed by atoms with van der Waals surface area (Å²) in [5.74, 6) is 0.891. The van der Waals surface area contributed by atoms with Crippen LogP contribution in [0.5, 0.6) is 0 Å². The highest BCUT2D eigenvalue weighted by Crippen LogP contribution is 2.19. The number of anilines is 1. The summed E-state index contributed by atoms with van der Waals surface area (Å²) in [6, 6.07) is -0.618. The molecule has 1 aliphatic heterocycles. The van der Waals surface area contributed by atoms with Gasteiger partial charge in [-0.25, -0.2) is 9.48 Å². The number of hydrogen-bond donors (Lipinski definition) is 2. The minimum Gasteiger partial charge on any atom is -0.481 e. The van der Waals surface area contributed by atoms with Crippen LogP contribution in [0.2, 0.25) is 0 Å². The molecule has 1 atom stereocenters. The van der Waals surface area contributed by atoms with Crippen molar-refractivity contribution in [3.05, 3.63) is 6.33 Å². The molecular weight excluding hydrogens is 270 g/mol. The number of aromatic nitrogens is 3. The number of urea groups is 1. The lowest BCUT2D eigenvalue weighted by atomic mass is 10.2. The van der Waals surface area contributed by atoms with Gasteiger partial charge in [0.2, 0.25) is 5.95 Å². The lowest BCUT2D eigenvalue weighted by Crippen LogP contribution is -2.49. The number of carboxylic acid groups (broad SMARTS) is 1. The molecule has 1 saturated heterocycles. The molecule has 0 spiro atoms. The normalized spacial score (nSPS) is 19.2. The van der Waals surface area contributed by atoms with E-state index < -0.39 is 5.97 Å². The highest BCUT2D eigenvalue weighted by molar-refractivity contribution is 7.99. The number of carbonyl (C=O) groups excluding carboxylic acids is 1. The van der Waals surface area contributed by atoms with Crippen molar-refractivity contribution in [2.75, 3.05) is 23.4 Å². The average molecular weight is 285 g/mol. The fourth-order valence-electron chi connectivity index (χ4n) is 1.87. The van der Waals surface area contributed by atoms with Crippen molar-refractivity contribution in [1.82, 2.24) is 19.7 Å². The number of rotatable bonds is 3. The predicted octanol–water partition coefficient (Wildman–Crippen LogP) is 0.239. The highest BCUT2D eigenvalue weighted by Gasteiger charge is 2.29. The van der Waals surface area contributed by atoms with E-state index >= 15 is 0 Å². The third-order valence-electron chi connectivity index (χ3n) is 2.83. The number of thioether (sulfide) groups is 1. The summed E-state index contributed by atoms with van der Waals surface area (Å²) < 4.78 is 1.45. The van der Waals surface area contributed by atoms with Gasteiger partial charge in [0, 0.05) is 25.1 Å². The number of hydrogen-bond acceptors (Lipinski definition) is 5. The minimum absolute atomic E-state index is 0.0424. The van der Waals surface area contributed by atoms with Crippen molar-refractivity contribution in [3.8, 4) is 0 Å². The largest absolute Gasteiger partial charge is 0.481 e. The van der Waals surface area contributed by atoms with E-state index in [4.69, 9.17) is 5.11 Å². The van der Waals surface area contributed by atoms with Crippen LogP contribution >= 0.6 is 11.8 Å². The monoisotopic (exact) mass is 285 g/mol. The van der Waals surface area contributed by atoms with Gasteiger partial charge < -0.3 is 10.0 Å². The first kappa shape index (κ1) is 13.7.